The van der Waals surface area contributed by atoms with Gasteiger partial charge in [-0.05, 0) is 56.7 Å². The predicted octanol–water partition coefficient (Wildman–Crippen LogP) is 6.39. The van der Waals surface area contributed by atoms with Gasteiger partial charge in [0.2, 0.25) is 0 Å². The molecule has 0 aromatic heterocycles. The first-order valence-electron chi connectivity index (χ1n) is 11.0. The highest BCUT2D eigenvalue weighted by Gasteiger charge is 2.40. The van der Waals surface area contributed by atoms with Crippen molar-refractivity contribution >= 4 is 17.8 Å². The van der Waals surface area contributed by atoms with Crippen molar-refractivity contribution in [1.82, 2.24) is 10.2 Å². The number of urea groups is 1. The number of halogens is 7. The van der Waals surface area contributed by atoms with Crippen LogP contribution in [0.2, 0.25) is 0 Å². The lowest BCUT2D eigenvalue weighted by molar-refractivity contribution is -0.143. The molecular formula is C24H24F7N3O3. The molecule has 0 aliphatic carbocycles. The Morgan fingerprint density at radius 2 is 1.43 bits per heavy atom. The summed E-state index contributed by atoms with van der Waals surface area (Å²) >= 11 is 0. The largest absolute Gasteiger partial charge is 0.444 e. The maximum absolute atomic E-state index is 13.4. The molecule has 0 radical (unpaired) electrons. The van der Waals surface area contributed by atoms with Crippen LogP contribution in [0.1, 0.15) is 43.4 Å². The zero-order valence-corrected chi connectivity index (χ0v) is 19.9. The van der Waals surface area contributed by atoms with Gasteiger partial charge in [-0.25, -0.2) is 14.0 Å². The monoisotopic (exact) mass is 535 g/mol. The van der Waals surface area contributed by atoms with Gasteiger partial charge in [0.05, 0.1) is 17.2 Å². The van der Waals surface area contributed by atoms with Crippen molar-refractivity contribution in [2.45, 2.75) is 50.7 Å². The van der Waals surface area contributed by atoms with Crippen LogP contribution in [0.4, 0.5) is 46.0 Å². The van der Waals surface area contributed by atoms with Crippen LogP contribution in [0.3, 0.4) is 0 Å². The second kappa shape index (κ2) is 10.1. The number of hydrogen-bond acceptors (Lipinski definition) is 3. The number of likely N-dealkylation sites (tertiary alicyclic amines) is 1. The normalized spacial score (nSPS) is 18.5. The summed E-state index contributed by atoms with van der Waals surface area (Å²) < 4.78 is 97.6. The summed E-state index contributed by atoms with van der Waals surface area (Å²) in [6.07, 6.45) is -10.8. The van der Waals surface area contributed by atoms with Crippen molar-refractivity contribution in [2.75, 3.05) is 18.4 Å². The van der Waals surface area contributed by atoms with Gasteiger partial charge in [-0.1, -0.05) is 12.1 Å². The second-order valence-electron chi connectivity index (χ2n) is 9.54. The van der Waals surface area contributed by atoms with Crippen molar-refractivity contribution in [3.05, 3.63) is 65.0 Å². The molecule has 2 N–H and O–H groups in total. The minimum atomic E-state index is -5.08. The lowest BCUT2D eigenvalue weighted by atomic mass is 9.94. The molecule has 2 atom stereocenters. The fraction of sp³-hybridized carbons (Fsp3) is 0.417. The highest BCUT2D eigenvalue weighted by atomic mass is 19.4. The molecule has 0 spiro atoms. The molecule has 1 heterocycles. The van der Waals surface area contributed by atoms with Gasteiger partial charge in [-0.3, -0.25) is 0 Å². The molecule has 202 valence electrons. The summed E-state index contributed by atoms with van der Waals surface area (Å²) in [4.78, 5) is 26.5. The van der Waals surface area contributed by atoms with E-state index in [1.54, 1.807) is 20.8 Å². The Kier molecular flexibility index (Phi) is 7.66. The first kappa shape index (κ1) is 28.1. The quantitative estimate of drug-likeness (QED) is 0.448. The number of ether oxygens (including phenoxy) is 1. The van der Waals surface area contributed by atoms with Crippen LogP contribution in [0.5, 0.6) is 0 Å². The lowest BCUT2D eigenvalue weighted by Crippen LogP contribution is -2.43. The number of alkyl halides is 6. The fourth-order valence-corrected chi connectivity index (χ4v) is 3.84. The predicted molar refractivity (Wildman–Crippen MR) is 119 cm³/mol. The van der Waals surface area contributed by atoms with Crippen molar-refractivity contribution < 1.29 is 45.1 Å². The van der Waals surface area contributed by atoms with E-state index >= 15 is 0 Å². The Morgan fingerprint density at radius 3 is 1.92 bits per heavy atom. The topological polar surface area (TPSA) is 70.7 Å². The standard InChI is InChI=1S/C24H24F7N3O3/c1-22(2,3)37-21(36)34-11-18(13-4-6-16(25)7-5-13)19(12-34)33-20(35)32-17-9-14(23(26,27)28)8-15(10-17)24(29,30)31/h4-10,18-19H,11-12H2,1-3H3,(H2,32,33,35)/t18-,19+/m0/s1. The van der Waals surface area contributed by atoms with Gasteiger partial charge in [0, 0.05) is 24.7 Å². The Hall–Kier alpha value is -3.51. The van der Waals surface area contributed by atoms with Crippen molar-refractivity contribution in [2.24, 2.45) is 0 Å². The number of rotatable bonds is 3. The number of hydrogen-bond donors (Lipinski definition) is 2. The number of nitrogens with one attached hydrogen (secondary N) is 2. The highest BCUT2D eigenvalue weighted by molar-refractivity contribution is 5.90. The lowest BCUT2D eigenvalue weighted by Gasteiger charge is -2.24. The SMILES string of the molecule is CC(C)(C)OC(=O)N1C[C@@H](NC(=O)Nc2cc(C(F)(F)F)cc(C(F)(F)F)c2)[C@H](c2ccc(F)cc2)C1. The molecule has 0 saturated carbocycles. The van der Waals surface area contributed by atoms with Gasteiger partial charge in [-0.15, -0.1) is 0 Å². The van der Waals surface area contributed by atoms with Crippen LogP contribution >= 0.6 is 0 Å². The van der Waals surface area contributed by atoms with E-state index in [9.17, 15) is 40.3 Å². The maximum atomic E-state index is 13.4. The molecule has 3 amide bonds. The van der Waals surface area contributed by atoms with E-state index < -0.39 is 64.7 Å². The number of amides is 3. The van der Waals surface area contributed by atoms with Crippen LogP contribution in [0.25, 0.3) is 0 Å². The molecule has 2 aromatic carbocycles. The smallest absolute Gasteiger partial charge is 0.416 e. The maximum Gasteiger partial charge on any atom is 0.416 e. The van der Waals surface area contributed by atoms with E-state index in [2.05, 4.69) is 5.32 Å². The third kappa shape index (κ3) is 7.49. The molecule has 1 aliphatic rings. The Bertz CT molecular complexity index is 1110. The van der Waals surface area contributed by atoms with Gasteiger partial charge in [-0.2, -0.15) is 26.3 Å². The van der Waals surface area contributed by atoms with Crippen LogP contribution in [-0.4, -0.2) is 41.8 Å². The average molecular weight is 535 g/mol. The van der Waals surface area contributed by atoms with Gasteiger partial charge in [0.1, 0.15) is 11.4 Å². The number of benzene rings is 2. The molecule has 2 aromatic rings. The summed E-state index contributed by atoms with van der Waals surface area (Å²) in [7, 11) is 0. The molecule has 13 heteroatoms. The van der Waals surface area contributed by atoms with Crippen LogP contribution in [0.15, 0.2) is 42.5 Å². The second-order valence-corrected chi connectivity index (χ2v) is 9.54. The first-order chi connectivity index (χ1) is 16.9. The zero-order chi connectivity index (χ0) is 27.8. The molecule has 0 unspecified atom stereocenters. The van der Waals surface area contributed by atoms with Crippen molar-refractivity contribution in [3.63, 3.8) is 0 Å². The van der Waals surface area contributed by atoms with E-state index in [4.69, 9.17) is 4.74 Å². The summed E-state index contributed by atoms with van der Waals surface area (Å²) in [6.45, 7) is 4.97. The Balaban J connectivity index is 1.83. The van der Waals surface area contributed by atoms with Crippen molar-refractivity contribution in [1.29, 1.82) is 0 Å². The summed E-state index contributed by atoms with van der Waals surface area (Å²) in [5, 5.41) is 4.51. The summed E-state index contributed by atoms with van der Waals surface area (Å²) in [5.74, 6) is -1.08. The van der Waals surface area contributed by atoms with E-state index in [1.807, 2.05) is 5.32 Å². The molecule has 3 rings (SSSR count). The van der Waals surface area contributed by atoms with E-state index in [-0.39, 0.29) is 19.2 Å². The van der Waals surface area contributed by atoms with Gasteiger partial charge in [0.15, 0.2) is 0 Å². The Morgan fingerprint density at radius 1 is 0.892 bits per heavy atom. The minimum Gasteiger partial charge on any atom is -0.444 e. The molecule has 37 heavy (non-hydrogen) atoms. The Labute approximate surface area is 207 Å². The number of carbonyl (C=O) groups excluding carboxylic acids is 2. The number of anilines is 1. The van der Waals surface area contributed by atoms with Gasteiger partial charge in [0.25, 0.3) is 0 Å². The fourth-order valence-electron chi connectivity index (χ4n) is 3.84. The van der Waals surface area contributed by atoms with Gasteiger partial charge >= 0.3 is 24.5 Å². The molecule has 0 bridgehead atoms. The van der Waals surface area contributed by atoms with Crippen molar-refractivity contribution in [3.8, 4) is 0 Å². The zero-order valence-electron chi connectivity index (χ0n) is 19.9. The van der Waals surface area contributed by atoms with E-state index in [0.717, 1.165) is 0 Å². The molecular weight excluding hydrogens is 511 g/mol. The first-order valence-corrected chi connectivity index (χ1v) is 11.0. The van der Waals surface area contributed by atoms with Crippen LogP contribution < -0.4 is 10.6 Å². The third-order valence-electron chi connectivity index (χ3n) is 5.43. The van der Waals surface area contributed by atoms with Crippen LogP contribution in [0, 0.1) is 5.82 Å². The average Bonchev–Trinajstić information content (AvgIpc) is 3.15. The van der Waals surface area contributed by atoms with Gasteiger partial charge < -0.3 is 20.3 Å². The molecule has 1 aliphatic heterocycles. The van der Waals surface area contributed by atoms with Crippen LogP contribution in [-0.2, 0) is 17.1 Å². The number of nitrogens with zero attached hydrogens (tertiary/aromatic N) is 1. The van der Waals surface area contributed by atoms with E-state index in [0.29, 0.717) is 17.7 Å². The minimum absolute atomic E-state index is 0.0523. The molecule has 1 saturated heterocycles. The molecule has 6 nitrogen and oxygen atoms in total. The third-order valence-corrected chi connectivity index (χ3v) is 5.43. The summed E-state index contributed by atoms with van der Waals surface area (Å²) in [5.41, 5.74) is -4.15. The van der Waals surface area contributed by atoms with E-state index in [1.165, 1.54) is 29.2 Å². The molecule has 1 fully saturated rings. The highest BCUT2D eigenvalue weighted by Crippen LogP contribution is 2.37. The summed E-state index contributed by atoms with van der Waals surface area (Å²) in [6, 6.07) is 4.08. The number of carbonyl (C=O) groups is 2.